The lowest BCUT2D eigenvalue weighted by Crippen LogP contribution is -2.34. The lowest BCUT2D eigenvalue weighted by atomic mass is 10.3. The van der Waals surface area contributed by atoms with Crippen molar-refractivity contribution >= 4 is 11.6 Å². The number of carbonyl (C=O) groups is 1. The summed E-state index contributed by atoms with van der Waals surface area (Å²) in [5, 5.41) is 9.49. The molecule has 0 bridgehead atoms. The van der Waals surface area contributed by atoms with Crippen LogP contribution in [-0.4, -0.2) is 25.5 Å². The van der Waals surface area contributed by atoms with Gasteiger partial charge >= 0.3 is 6.18 Å². The van der Waals surface area contributed by atoms with Gasteiger partial charge in [0, 0.05) is 19.3 Å². The maximum Gasteiger partial charge on any atom is 0.435 e. The van der Waals surface area contributed by atoms with E-state index in [0.717, 1.165) is 6.07 Å². The Bertz CT molecular complexity index is 750. The van der Waals surface area contributed by atoms with Gasteiger partial charge in [0.05, 0.1) is 11.9 Å². The summed E-state index contributed by atoms with van der Waals surface area (Å²) in [5.41, 5.74) is -1.69. The van der Waals surface area contributed by atoms with Crippen LogP contribution in [0.15, 0.2) is 29.3 Å². The van der Waals surface area contributed by atoms with Gasteiger partial charge in [0.15, 0.2) is 5.69 Å². The number of aromatic nitrogens is 4. The summed E-state index contributed by atoms with van der Waals surface area (Å²) in [5.74, 6) is -0.679. The van der Waals surface area contributed by atoms with Crippen LogP contribution in [0.4, 0.5) is 18.9 Å². The summed E-state index contributed by atoms with van der Waals surface area (Å²) in [7, 11) is 1.64. The first kappa shape index (κ1) is 15.7. The average molecular weight is 315 g/mol. The van der Waals surface area contributed by atoms with Gasteiger partial charge in [-0.25, -0.2) is 4.68 Å². The van der Waals surface area contributed by atoms with E-state index in [1.807, 2.05) is 0 Å². The van der Waals surface area contributed by atoms with E-state index in [1.54, 1.807) is 7.05 Å². The van der Waals surface area contributed by atoms with Gasteiger partial charge < -0.3 is 5.32 Å². The summed E-state index contributed by atoms with van der Waals surface area (Å²) >= 11 is 0. The maximum atomic E-state index is 12.6. The van der Waals surface area contributed by atoms with Gasteiger partial charge in [0.1, 0.15) is 6.04 Å². The average Bonchev–Trinajstić information content (AvgIpc) is 2.82. The Balaban J connectivity index is 2.26. The molecule has 0 aliphatic heterocycles. The van der Waals surface area contributed by atoms with Crippen LogP contribution >= 0.6 is 0 Å². The minimum absolute atomic E-state index is 0.361. The second-order valence-electron chi connectivity index (χ2n) is 4.57. The third-order valence-corrected chi connectivity index (χ3v) is 2.83. The number of carbonyl (C=O) groups excluding carboxylic acids is 1. The van der Waals surface area contributed by atoms with Gasteiger partial charge in [-0.3, -0.25) is 14.3 Å². The fraction of sp³-hybridized carbons (Fsp3) is 0.333. The molecular formula is C12H12F3N5O2. The van der Waals surface area contributed by atoms with Crippen molar-refractivity contribution in [1.29, 1.82) is 0 Å². The normalized spacial score (nSPS) is 13.0. The summed E-state index contributed by atoms with van der Waals surface area (Å²) in [4.78, 5) is 23.6. The summed E-state index contributed by atoms with van der Waals surface area (Å²) < 4.78 is 39.8. The van der Waals surface area contributed by atoms with E-state index in [4.69, 9.17) is 0 Å². The molecule has 0 radical (unpaired) electrons. The monoisotopic (exact) mass is 315 g/mol. The fourth-order valence-electron chi connectivity index (χ4n) is 1.70. The Morgan fingerprint density at radius 1 is 1.36 bits per heavy atom. The zero-order valence-corrected chi connectivity index (χ0v) is 11.6. The number of amides is 1. The number of anilines is 1. The quantitative estimate of drug-likeness (QED) is 0.922. The summed E-state index contributed by atoms with van der Waals surface area (Å²) in [6.45, 7) is 1.28. The van der Waals surface area contributed by atoms with Gasteiger partial charge in [-0.1, -0.05) is 0 Å². The molecular weight excluding hydrogens is 303 g/mol. The number of rotatable bonds is 3. The number of hydrogen-bond acceptors (Lipinski definition) is 4. The molecule has 2 rings (SSSR count). The first-order valence-corrected chi connectivity index (χ1v) is 6.15. The van der Waals surface area contributed by atoms with Crippen molar-refractivity contribution in [3.05, 3.63) is 40.6 Å². The van der Waals surface area contributed by atoms with Crippen LogP contribution in [-0.2, 0) is 18.0 Å². The Morgan fingerprint density at radius 2 is 2.05 bits per heavy atom. The van der Waals surface area contributed by atoms with Crippen molar-refractivity contribution in [1.82, 2.24) is 19.6 Å². The molecule has 1 atom stereocenters. The molecule has 0 fully saturated rings. The molecule has 2 aromatic heterocycles. The van der Waals surface area contributed by atoms with E-state index < -0.39 is 29.4 Å². The third kappa shape index (κ3) is 3.32. The third-order valence-electron chi connectivity index (χ3n) is 2.83. The Hall–Kier alpha value is -2.65. The molecule has 0 spiro atoms. The highest BCUT2D eigenvalue weighted by Gasteiger charge is 2.34. The van der Waals surface area contributed by atoms with Gasteiger partial charge in [-0.2, -0.15) is 23.4 Å². The largest absolute Gasteiger partial charge is 0.435 e. The van der Waals surface area contributed by atoms with Gasteiger partial charge in [0.2, 0.25) is 5.91 Å². The van der Waals surface area contributed by atoms with Crippen molar-refractivity contribution in [3.63, 3.8) is 0 Å². The van der Waals surface area contributed by atoms with Crippen LogP contribution in [0.1, 0.15) is 18.7 Å². The second kappa shape index (κ2) is 5.62. The highest BCUT2D eigenvalue weighted by molar-refractivity contribution is 5.93. The Kier molecular flexibility index (Phi) is 4.02. The zero-order chi connectivity index (χ0) is 16.5. The SMILES string of the molecule is CC(C(=O)Nc1cnn(C)c1)n1nc(C(F)(F)F)ccc1=O. The maximum absolute atomic E-state index is 12.6. The van der Waals surface area contributed by atoms with E-state index in [2.05, 4.69) is 15.5 Å². The zero-order valence-electron chi connectivity index (χ0n) is 11.6. The Morgan fingerprint density at radius 3 is 2.59 bits per heavy atom. The number of hydrogen-bond donors (Lipinski definition) is 1. The number of nitrogens with zero attached hydrogens (tertiary/aromatic N) is 4. The molecule has 0 aromatic carbocycles. The van der Waals surface area contributed by atoms with E-state index in [0.29, 0.717) is 16.4 Å². The lowest BCUT2D eigenvalue weighted by molar-refractivity contribution is -0.142. The Labute approximate surface area is 122 Å². The van der Waals surface area contributed by atoms with Gasteiger partial charge in [-0.05, 0) is 13.0 Å². The van der Waals surface area contributed by atoms with E-state index >= 15 is 0 Å². The topological polar surface area (TPSA) is 81.8 Å². The molecule has 0 aliphatic carbocycles. The molecule has 1 unspecified atom stereocenters. The van der Waals surface area contributed by atoms with Gasteiger partial charge in [0.25, 0.3) is 5.56 Å². The summed E-state index contributed by atoms with van der Waals surface area (Å²) in [6, 6.07) is 0.0869. The molecule has 0 saturated heterocycles. The molecule has 1 amide bonds. The number of nitrogens with one attached hydrogen (secondary N) is 1. The molecule has 118 valence electrons. The minimum atomic E-state index is -4.70. The lowest BCUT2D eigenvalue weighted by Gasteiger charge is -2.15. The van der Waals surface area contributed by atoms with Crippen molar-refractivity contribution in [2.45, 2.75) is 19.1 Å². The molecule has 0 saturated carbocycles. The number of halogens is 3. The van der Waals surface area contributed by atoms with Crippen molar-refractivity contribution in [2.24, 2.45) is 7.05 Å². The molecule has 22 heavy (non-hydrogen) atoms. The highest BCUT2D eigenvalue weighted by atomic mass is 19.4. The van der Waals surface area contributed by atoms with E-state index in [9.17, 15) is 22.8 Å². The smallest absolute Gasteiger partial charge is 0.322 e. The molecule has 1 N–H and O–H groups in total. The molecule has 0 aliphatic rings. The van der Waals surface area contributed by atoms with E-state index in [1.165, 1.54) is 24.0 Å². The summed E-state index contributed by atoms with van der Waals surface area (Å²) in [6.07, 6.45) is -1.82. The molecule has 7 nitrogen and oxygen atoms in total. The predicted octanol–water partition coefficient (Wildman–Crippen LogP) is 1.20. The van der Waals surface area contributed by atoms with Gasteiger partial charge in [-0.15, -0.1) is 0 Å². The highest BCUT2D eigenvalue weighted by Crippen LogP contribution is 2.26. The molecule has 2 heterocycles. The molecule has 10 heteroatoms. The fourth-order valence-corrected chi connectivity index (χ4v) is 1.70. The predicted molar refractivity (Wildman–Crippen MR) is 70.0 cm³/mol. The van der Waals surface area contributed by atoms with Crippen LogP contribution in [0, 0.1) is 0 Å². The minimum Gasteiger partial charge on any atom is -0.322 e. The second-order valence-corrected chi connectivity index (χ2v) is 4.57. The van der Waals surface area contributed by atoms with Crippen LogP contribution in [0.2, 0.25) is 0 Å². The number of aryl methyl sites for hydroxylation is 1. The van der Waals surface area contributed by atoms with Crippen LogP contribution < -0.4 is 10.9 Å². The van der Waals surface area contributed by atoms with E-state index in [-0.39, 0.29) is 0 Å². The number of alkyl halides is 3. The van der Waals surface area contributed by atoms with Crippen LogP contribution in [0.5, 0.6) is 0 Å². The van der Waals surface area contributed by atoms with Crippen molar-refractivity contribution in [3.8, 4) is 0 Å². The van der Waals surface area contributed by atoms with Crippen LogP contribution in [0.3, 0.4) is 0 Å². The first-order valence-electron chi connectivity index (χ1n) is 6.15. The van der Waals surface area contributed by atoms with Crippen molar-refractivity contribution < 1.29 is 18.0 Å². The van der Waals surface area contributed by atoms with Crippen LogP contribution in [0.25, 0.3) is 0 Å². The van der Waals surface area contributed by atoms with Crippen molar-refractivity contribution in [2.75, 3.05) is 5.32 Å². The standard InChI is InChI=1S/C12H12F3N5O2/c1-7(11(22)17-8-5-16-19(2)6-8)20-10(21)4-3-9(18-20)12(13,14)15/h3-7H,1-2H3,(H,17,22). The first-order chi connectivity index (χ1) is 10.2. The molecule has 2 aromatic rings.